The number of rotatable bonds is 11. The molecule has 0 bridgehead atoms. The smallest absolute Gasteiger partial charge is 0.256 e. The number of benzene rings is 2. The number of amides is 1. The minimum atomic E-state index is -1.04. The molecule has 2 saturated carbocycles. The number of aryl methyl sites for hydroxylation is 2. The maximum atomic E-state index is 14.0. The number of unbranched alkanes of at least 4 members (excludes halogenated alkanes) is 2. The van der Waals surface area contributed by atoms with Crippen molar-refractivity contribution in [1.82, 2.24) is 19.9 Å². The normalized spacial score (nSPS) is 29.4. The predicted molar refractivity (Wildman–Crippen MR) is 186 cm³/mol. The molecule has 1 N–H and O–H groups in total. The van der Waals surface area contributed by atoms with Crippen LogP contribution in [0.3, 0.4) is 0 Å². The molecule has 4 unspecified atom stereocenters. The van der Waals surface area contributed by atoms with Gasteiger partial charge in [-0.15, -0.1) is 5.10 Å². The Morgan fingerprint density at radius 2 is 1.96 bits per heavy atom. The molecule has 1 aromatic heterocycles. The molecule has 3 heterocycles. The third-order valence-corrected chi connectivity index (χ3v) is 12.4. The highest BCUT2D eigenvalue weighted by Gasteiger charge is 2.54. The average molecular weight is 686 g/mol. The summed E-state index contributed by atoms with van der Waals surface area (Å²) in [5.41, 5.74) is 4.63. The maximum Gasteiger partial charge on any atom is 0.256 e. The van der Waals surface area contributed by atoms with E-state index in [0.717, 1.165) is 50.8 Å². The van der Waals surface area contributed by atoms with E-state index in [4.69, 9.17) is 14.2 Å². The molecule has 8 rings (SSSR count). The lowest BCUT2D eigenvalue weighted by Gasteiger charge is -2.50. The topological polar surface area (TPSA) is 111 Å². The number of aliphatic imine (C=N–C) groups is 1. The van der Waals surface area contributed by atoms with Crippen LogP contribution in [0.4, 0.5) is 10.1 Å². The Morgan fingerprint density at radius 1 is 1.06 bits per heavy atom. The van der Waals surface area contributed by atoms with E-state index in [0.29, 0.717) is 52.8 Å². The number of carbonyl (C=O) groups is 1. The molecule has 0 spiro atoms. The van der Waals surface area contributed by atoms with E-state index in [1.807, 2.05) is 10.9 Å². The molecule has 1 amide bonds. The van der Waals surface area contributed by atoms with Crippen molar-refractivity contribution in [3.8, 4) is 17.2 Å². The highest BCUT2D eigenvalue weighted by molar-refractivity contribution is 6.03. The lowest BCUT2D eigenvalue weighted by atomic mass is 9.55. The zero-order chi connectivity index (χ0) is 34.4. The molecular formula is C39H48FN5O5. The number of aliphatic hydroxyl groups is 1. The fourth-order valence-electron chi connectivity index (χ4n) is 9.64. The summed E-state index contributed by atoms with van der Waals surface area (Å²) >= 11 is 0. The van der Waals surface area contributed by atoms with E-state index in [2.05, 4.69) is 40.4 Å². The van der Waals surface area contributed by atoms with Gasteiger partial charge < -0.3 is 24.2 Å². The fraction of sp³-hybridized carbons (Fsp3) is 0.590. The summed E-state index contributed by atoms with van der Waals surface area (Å²) < 4.78 is 33.5. The van der Waals surface area contributed by atoms with Gasteiger partial charge in [0.25, 0.3) is 5.91 Å². The van der Waals surface area contributed by atoms with Gasteiger partial charge in [0.2, 0.25) is 0 Å². The number of carbonyl (C=O) groups excluding carboxylic acids is 1. The molecule has 50 heavy (non-hydrogen) atoms. The summed E-state index contributed by atoms with van der Waals surface area (Å²) in [6, 6.07) is 9.73. The van der Waals surface area contributed by atoms with Gasteiger partial charge in [-0.2, -0.15) is 0 Å². The summed E-state index contributed by atoms with van der Waals surface area (Å²) in [4.78, 5) is 19.1. The lowest BCUT2D eigenvalue weighted by Crippen LogP contribution is -2.43. The quantitative estimate of drug-likeness (QED) is 0.227. The summed E-state index contributed by atoms with van der Waals surface area (Å²) in [7, 11) is 1.52. The molecular weight excluding hydrogens is 637 g/mol. The standard InChI is InChI=1S/C39H48FN5O5/c1-39-13-12-30-29-9-7-28(16-24(29)6-8-31(30)33(39)10-11-37(39)46)49-15-5-3-4-14-44-22-26(42-43-44)23-50-36-19-34-32(18-35(36)48-2)38(47)45-21-25(40)17-27(45)20-41-34/h7,9,16,18-20,22,25,27,30-31,33,37,46H,3-6,8,10-15,17,21,23H2,1-2H3/t25?,27-,30?,31?,33?,37-,39-/m0/s1. The van der Waals surface area contributed by atoms with Crippen LogP contribution in [0.5, 0.6) is 17.2 Å². The van der Waals surface area contributed by atoms with Gasteiger partial charge in [-0.3, -0.25) is 14.5 Å². The third-order valence-electron chi connectivity index (χ3n) is 12.4. The zero-order valence-corrected chi connectivity index (χ0v) is 29.1. The minimum absolute atomic E-state index is 0.0725. The number of fused-ring (bicyclic) bond motifs is 7. The zero-order valence-electron chi connectivity index (χ0n) is 29.1. The second kappa shape index (κ2) is 13.6. The number of methoxy groups -OCH3 is 1. The Hall–Kier alpha value is -3.99. The number of hydrogen-bond acceptors (Lipinski definition) is 8. The van der Waals surface area contributed by atoms with Gasteiger partial charge in [-0.1, -0.05) is 18.2 Å². The summed E-state index contributed by atoms with van der Waals surface area (Å²) in [5.74, 6) is 3.57. The largest absolute Gasteiger partial charge is 0.494 e. The van der Waals surface area contributed by atoms with Crippen molar-refractivity contribution in [2.45, 2.75) is 109 Å². The predicted octanol–water partition coefficient (Wildman–Crippen LogP) is 6.60. The molecule has 3 aromatic rings. The molecule has 1 saturated heterocycles. The van der Waals surface area contributed by atoms with Crippen LogP contribution in [0.25, 0.3) is 0 Å². The van der Waals surface area contributed by atoms with E-state index in [-0.39, 0.29) is 43.0 Å². The van der Waals surface area contributed by atoms with Gasteiger partial charge in [-0.05, 0) is 110 Å². The first-order chi connectivity index (χ1) is 24.3. The number of aromatic nitrogens is 3. The highest BCUT2D eigenvalue weighted by Crippen LogP contribution is 2.61. The van der Waals surface area contributed by atoms with Crippen molar-refractivity contribution in [3.63, 3.8) is 0 Å². The highest BCUT2D eigenvalue weighted by atomic mass is 19.1. The maximum absolute atomic E-state index is 14.0. The van der Waals surface area contributed by atoms with Crippen molar-refractivity contribution in [1.29, 1.82) is 0 Å². The van der Waals surface area contributed by atoms with Crippen LogP contribution in [-0.2, 0) is 19.6 Å². The van der Waals surface area contributed by atoms with Crippen LogP contribution < -0.4 is 14.2 Å². The monoisotopic (exact) mass is 685 g/mol. The molecule has 3 fully saturated rings. The van der Waals surface area contributed by atoms with E-state index >= 15 is 0 Å². The van der Waals surface area contributed by atoms with Gasteiger partial charge in [0.05, 0.1) is 49.9 Å². The first-order valence-electron chi connectivity index (χ1n) is 18.5. The van der Waals surface area contributed by atoms with Crippen molar-refractivity contribution in [2.75, 3.05) is 20.3 Å². The van der Waals surface area contributed by atoms with Crippen molar-refractivity contribution >= 4 is 17.8 Å². The number of ether oxygens (including phenoxy) is 3. The molecule has 266 valence electrons. The molecule has 11 heteroatoms. The summed E-state index contributed by atoms with van der Waals surface area (Å²) in [5, 5.41) is 19.2. The molecule has 0 radical (unpaired) electrons. The molecule has 3 aliphatic carbocycles. The molecule has 5 aliphatic rings. The van der Waals surface area contributed by atoms with Crippen molar-refractivity contribution in [2.24, 2.45) is 22.2 Å². The van der Waals surface area contributed by atoms with Gasteiger partial charge in [0.1, 0.15) is 24.2 Å². The van der Waals surface area contributed by atoms with Crippen molar-refractivity contribution in [3.05, 3.63) is 58.9 Å². The molecule has 7 atom stereocenters. The van der Waals surface area contributed by atoms with Crippen LogP contribution >= 0.6 is 0 Å². The lowest BCUT2D eigenvalue weighted by molar-refractivity contribution is -0.0226. The Balaban J connectivity index is 0.785. The minimum Gasteiger partial charge on any atom is -0.494 e. The second-order valence-electron chi connectivity index (χ2n) is 15.2. The van der Waals surface area contributed by atoms with Crippen LogP contribution in [0.1, 0.15) is 97.8 Å². The van der Waals surface area contributed by atoms with Crippen LogP contribution in [0.15, 0.2) is 41.5 Å². The number of hydrogen-bond donors (Lipinski definition) is 1. The number of aliphatic hydroxyl groups excluding tert-OH is 1. The summed E-state index contributed by atoms with van der Waals surface area (Å²) in [6.45, 7) is 4.03. The van der Waals surface area contributed by atoms with E-state index < -0.39 is 6.17 Å². The van der Waals surface area contributed by atoms with E-state index in [1.54, 1.807) is 18.3 Å². The Labute approximate surface area is 293 Å². The van der Waals surface area contributed by atoms with E-state index in [9.17, 15) is 14.3 Å². The van der Waals surface area contributed by atoms with Crippen LogP contribution in [0.2, 0.25) is 0 Å². The SMILES string of the molecule is COc1cc2c(cc1OCc1cn(CCCCCOc3ccc4c(c3)CCC3C4CC[C@@]4(C)C3CC[C@@H]4O)nn1)N=C[C@@H]1CC(F)CN1C2=O. The van der Waals surface area contributed by atoms with Gasteiger partial charge >= 0.3 is 0 Å². The number of halogens is 1. The number of nitrogens with zero attached hydrogens (tertiary/aromatic N) is 5. The van der Waals surface area contributed by atoms with Gasteiger partial charge in [-0.25, -0.2) is 4.39 Å². The number of alkyl halides is 1. The van der Waals surface area contributed by atoms with Crippen molar-refractivity contribution < 1.29 is 28.5 Å². The summed E-state index contributed by atoms with van der Waals surface area (Å²) in [6.07, 6.45) is 12.4. The first-order valence-corrected chi connectivity index (χ1v) is 18.5. The Morgan fingerprint density at radius 3 is 2.84 bits per heavy atom. The average Bonchev–Trinajstić information content (AvgIpc) is 3.81. The first kappa shape index (κ1) is 33.2. The van der Waals surface area contributed by atoms with Crippen LogP contribution in [0, 0.1) is 17.3 Å². The molecule has 10 nitrogen and oxygen atoms in total. The molecule has 2 aromatic carbocycles. The van der Waals surface area contributed by atoms with Crippen LogP contribution in [-0.4, -0.2) is 75.7 Å². The van der Waals surface area contributed by atoms with Gasteiger partial charge in [0.15, 0.2) is 11.5 Å². The Kier molecular flexibility index (Phi) is 9.03. The fourth-order valence-corrected chi connectivity index (χ4v) is 9.64. The Bertz CT molecular complexity index is 1760. The van der Waals surface area contributed by atoms with E-state index in [1.165, 1.54) is 42.4 Å². The molecule has 2 aliphatic heterocycles. The second-order valence-corrected chi connectivity index (χ2v) is 15.2. The third kappa shape index (κ3) is 6.15. The van der Waals surface area contributed by atoms with Gasteiger partial charge in [0, 0.05) is 25.2 Å².